The molecular weight excluding hydrogens is 396 g/mol. The van der Waals surface area contributed by atoms with E-state index in [9.17, 15) is 8.42 Å². The molecule has 3 aromatic rings. The fraction of sp³-hybridized carbons (Fsp3) is 0.391. The van der Waals surface area contributed by atoms with Crippen molar-refractivity contribution in [3.05, 3.63) is 53.9 Å². The van der Waals surface area contributed by atoms with E-state index in [1.54, 1.807) is 0 Å². The van der Waals surface area contributed by atoms with Crippen molar-refractivity contribution in [1.82, 2.24) is 14.7 Å². The lowest BCUT2D eigenvalue weighted by Crippen LogP contribution is -2.29. The normalized spacial score (nSPS) is 16.7. The smallest absolute Gasteiger partial charge is 0.212 e. The predicted molar refractivity (Wildman–Crippen MR) is 120 cm³/mol. The van der Waals surface area contributed by atoms with Gasteiger partial charge in [0, 0.05) is 17.5 Å². The molecule has 0 spiro atoms. The van der Waals surface area contributed by atoms with Crippen molar-refractivity contribution in [3.8, 4) is 11.1 Å². The summed E-state index contributed by atoms with van der Waals surface area (Å²) >= 11 is 0. The van der Waals surface area contributed by atoms with Gasteiger partial charge >= 0.3 is 0 Å². The Kier molecular flexibility index (Phi) is 4.95. The Morgan fingerprint density at radius 3 is 2.50 bits per heavy atom. The minimum Gasteiger partial charge on any atom is -0.367 e. The third kappa shape index (κ3) is 4.63. The zero-order valence-corrected chi connectivity index (χ0v) is 17.9. The predicted octanol–water partition coefficient (Wildman–Crippen LogP) is 3.80. The fourth-order valence-electron chi connectivity index (χ4n) is 3.63. The Hall–Kier alpha value is -2.51. The van der Waals surface area contributed by atoms with Gasteiger partial charge in [0.15, 0.2) is 0 Å². The van der Waals surface area contributed by atoms with Crippen molar-refractivity contribution >= 4 is 26.7 Å². The maximum atomic E-state index is 12.2. The van der Waals surface area contributed by atoms with Crippen molar-refractivity contribution in [1.29, 1.82) is 0 Å². The van der Waals surface area contributed by atoms with Gasteiger partial charge in [-0.1, -0.05) is 30.3 Å². The van der Waals surface area contributed by atoms with Crippen LogP contribution >= 0.6 is 0 Å². The van der Waals surface area contributed by atoms with E-state index in [-0.39, 0.29) is 11.8 Å². The Balaban J connectivity index is 1.40. The van der Waals surface area contributed by atoms with Crippen LogP contribution in [0.2, 0.25) is 0 Å². The average Bonchev–Trinajstić information content (AvgIpc) is 3.64. The number of anilines is 1. The van der Waals surface area contributed by atoms with Crippen LogP contribution in [0.5, 0.6) is 0 Å². The van der Waals surface area contributed by atoms with E-state index < -0.39 is 10.0 Å². The van der Waals surface area contributed by atoms with E-state index in [1.807, 2.05) is 25.1 Å². The van der Waals surface area contributed by atoms with Crippen molar-refractivity contribution in [2.45, 2.75) is 51.1 Å². The molecule has 2 aliphatic rings. The monoisotopic (exact) mass is 422 g/mol. The van der Waals surface area contributed by atoms with Gasteiger partial charge in [-0.05, 0) is 67.9 Å². The number of hydrogen-bond donors (Lipinski definition) is 2. The van der Waals surface area contributed by atoms with Crippen LogP contribution in [0.25, 0.3) is 22.0 Å². The lowest BCUT2D eigenvalue weighted by atomic mass is 10.0. The SMILES string of the molecule is Cc1nc(NC2CC2)c2cc(-c3cccc(CCS(=O)(=O)NC4CC4)c3)ccc2n1. The molecule has 5 rings (SSSR count). The summed E-state index contributed by atoms with van der Waals surface area (Å²) in [6, 6.07) is 15.0. The second kappa shape index (κ2) is 7.63. The zero-order chi connectivity index (χ0) is 20.7. The first-order valence-electron chi connectivity index (χ1n) is 10.6. The summed E-state index contributed by atoms with van der Waals surface area (Å²) in [4.78, 5) is 9.20. The molecule has 2 saturated carbocycles. The number of sulfonamides is 1. The maximum Gasteiger partial charge on any atom is 0.212 e. The summed E-state index contributed by atoms with van der Waals surface area (Å²) in [5.74, 6) is 1.78. The van der Waals surface area contributed by atoms with E-state index in [0.717, 1.165) is 52.1 Å². The number of fused-ring (bicyclic) bond motifs is 1. The average molecular weight is 423 g/mol. The van der Waals surface area contributed by atoms with Crippen LogP contribution in [0.15, 0.2) is 42.5 Å². The minimum atomic E-state index is -3.21. The van der Waals surface area contributed by atoms with Gasteiger partial charge in [-0.2, -0.15) is 0 Å². The molecule has 7 heteroatoms. The molecule has 0 bridgehead atoms. The fourth-order valence-corrected chi connectivity index (χ4v) is 4.99. The number of aryl methyl sites for hydroxylation is 2. The van der Waals surface area contributed by atoms with Gasteiger partial charge in [0.25, 0.3) is 0 Å². The second-order valence-corrected chi connectivity index (χ2v) is 10.3. The summed E-state index contributed by atoms with van der Waals surface area (Å²) in [6.45, 7) is 1.92. The van der Waals surface area contributed by atoms with Crippen molar-refractivity contribution in [2.75, 3.05) is 11.1 Å². The van der Waals surface area contributed by atoms with Crippen LogP contribution in [0, 0.1) is 6.92 Å². The molecule has 1 heterocycles. The van der Waals surface area contributed by atoms with Crippen molar-refractivity contribution in [3.63, 3.8) is 0 Å². The highest BCUT2D eigenvalue weighted by atomic mass is 32.2. The number of nitrogens with one attached hydrogen (secondary N) is 2. The molecule has 6 nitrogen and oxygen atoms in total. The molecule has 0 atom stereocenters. The van der Waals surface area contributed by atoms with Gasteiger partial charge in [-0.15, -0.1) is 0 Å². The van der Waals surface area contributed by atoms with E-state index in [2.05, 4.69) is 44.3 Å². The highest BCUT2D eigenvalue weighted by molar-refractivity contribution is 7.89. The van der Waals surface area contributed by atoms with E-state index in [4.69, 9.17) is 0 Å². The Labute approximate surface area is 177 Å². The molecule has 156 valence electrons. The molecule has 0 saturated heterocycles. The standard InChI is InChI=1S/C23H26N4O2S/c1-15-24-22-10-5-18(14-21(22)23(25-15)26-19-6-7-19)17-4-2-3-16(13-17)11-12-30(28,29)27-20-8-9-20/h2-5,10,13-14,19-20,27H,6-9,11-12H2,1H3,(H,24,25,26). The van der Waals surface area contributed by atoms with Gasteiger partial charge in [0.05, 0.1) is 11.3 Å². The minimum absolute atomic E-state index is 0.118. The van der Waals surface area contributed by atoms with Crippen LogP contribution < -0.4 is 10.0 Å². The van der Waals surface area contributed by atoms with Gasteiger partial charge < -0.3 is 5.32 Å². The molecule has 0 radical (unpaired) electrons. The molecule has 0 aliphatic heterocycles. The first-order chi connectivity index (χ1) is 14.4. The number of benzene rings is 2. The Morgan fingerprint density at radius 1 is 0.967 bits per heavy atom. The molecule has 30 heavy (non-hydrogen) atoms. The van der Waals surface area contributed by atoms with Gasteiger partial charge in [-0.3, -0.25) is 0 Å². The number of hydrogen-bond acceptors (Lipinski definition) is 5. The molecule has 2 fully saturated rings. The number of nitrogens with zero attached hydrogens (tertiary/aromatic N) is 2. The number of rotatable bonds is 8. The third-order valence-corrected chi connectivity index (χ3v) is 7.00. The van der Waals surface area contributed by atoms with Crippen LogP contribution in [-0.2, 0) is 16.4 Å². The van der Waals surface area contributed by atoms with Crippen molar-refractivity contribution in [2.24, 2.45) is 0 Å². The second-order valence-electron chi connectivity index (χ2n) is 8.43. The molecule has 2 N–H and O–H groups in total. The highest BCUT2D eigenvalue weighted by Crippen LogP contribution is 2.31. The third-order valence-electron chi connectivity index (χ3n) is 5.57. The van der Waals surface area contributed by atoms with Crippen LogP contribution in [0.4, 0.5) is 5.82 Å². The Morgan fingerprint density at radius 2 is 1.73 bits per heavy atom. The van der Waals surface area contributed by atoms with E-state index in [1.165, 1.54) is 12.8 Å². The molecule has 1 aromatic heterocycles. The summed E-state index contributed by atoms with van der Waals surface area (Å²) in [7, 11) is -3.21. The van der Waals surface area contributed by atoms with E-state index in [0.29, 0.717) is 12.5 Å². The first kappa shape index (κ1) is 19.5. The summed E-state index contributed by atoms with van der Waals surface area (Å²) in [6.07, 6.45) is 4.78. The summed E-state index contributed by atoms with van der Waals surface area (Å²) < 4.78 is 27.1. The molecular formula is C23H26N4O2S. The largest absolute Gasteiger partial charge is 0.367 e. The van der Waals surface area contributed by atoms with Gasteiger partial charge in [0.1, 0.15) is 11.6 Å². The zero-order valence-electron chi connectivity index (χ0n) is 17.1. The molecule has 0 unspecified atom stereocenters. The van der Waals surface area contributed by atoms with Gasteiger partial charge in [0.2, 0.25) is 10.0 Å². The van der Waals surface area contributed by atoms with E-state index >= 15 is 0 Å². The maximum absolute atomic E-state index is 12.2. The molecule has 0 amide bonds. The molecule has 2 aromatic carbocycles. The Bertz CT molecular complexity index is 1200. The van der Waals surface area contributed by atoms with Crippen LogP contribution in [-0.4, -0.2) is 36.2 Å². The van der Waals surface area contributed by atoms with Crippen molar-refractivity contribution < 1.29 is 8.42 Å². The van der Waals surface area contributed by atoms with Gasteiger partial charge in [-0.25, -0.2) is 23.1 Å². The van der Waals surface area contributed by atoms with Crippen LogP contribution in [0.1, 0.15) is 37.1 Å². The summed E-state index contributed by atoms with van der Waals surface area (Å²) in [5, 5.41) is 4.54. The van der Waals surface area contributed by atoms with Crippen LogP contribution in [0.3, 0.4) is 0 Å². The molecule has 2 aliphatic carbocycles. The number of aromatic nitrogens is 2. The quantitative estimate of drug-likeness (QED) is 0.577. The lowest BCUT2D eigenvalue weighted by Gasteiger charge is -2.11. The highest BCUT2D eigenvalue weighted by Gasteiger charge is 2.26. The first-order valence-corrected chi connectivity index (χ1v) is 12.2. The topological polar surface area (TPSA) is 84.0 Å². The lowest BCUT2D eigenvalue weighted by molar-refractivity contribution is 0.580. The summed E-state index contributed by atoms with van der Waals surface area (Å²) in [5.41, 5.74) is 4.10.